The molecule has 0 saturated carbocycles. The Balaban J connectivity index is 2.01. The lowest BCUT2D eigenvalue weighted by Crippen LogP contribution is -2.62. The van der Waals surface area contributed by atoms with Crippen molar-refractivity contribution in [1.29, 1.82) is 0 Å². The molecule has 0 radical (unpaired) electrons. The second kappa shape index (κ2) is 4.85. The van der Waals surface area contributed by atoms with E-state index in [1.54, 1.807) is 0 Å². The van der Waals surface area contributed by atoms with Crippen LogP contribution in [0.4, 0.5) is 5.69 Å². The van der Waals surface area contributed by atoms with Crippen LogP contribution in [0.15, 0.2) is 35.3 Å². The average Bonchev–Trinajstić information content (AvgIpc) is 2.78. The van der Waals surface area contributed by atoms with Gasteiger partial charge in [0.15, 0.2) is 5.96 Å². The molecule has 2 unspecified atom stereocenters. The lowest BCUT2D eigenvalue weighted by molar-refractivity contribution is 0.217. The molecule has 2 heterocycles. The van der Waals surface area contributed by atoms with Gasteiger partial charge in [0.05, 0.1) is 12.1 Å². The first kappa shape index (κ1) is 12.5. The number of anilines is 1. The molecule has 4 nitrogen and oxygen atoms in total. The quantitative estimate of drug-likeness (QED) is 0.847. The third-order valence-electron chi connectivity index (χ3n) is 4.58. The monoisotopic (exact) mass is 258 g/mol. The van der Waals surface area contributed by atoms with Gasteiger partial charge in [-0.3, -0.25) is 4.99 Å². The minimum Gasteiger partial charge on any atom is -0.369 e. The van der Waals surface area contributed by atoms with Crippen LogP contribution in [-0.4, -0.2) is 31.1 Å². The molecule has 3 N–H and O–H groups in total. The van der Waals surface area contributed by atoms with E-state index < -0.39 is 0 Å². The highest BCUT2D eigenvalue weighted by atomic mass is 15.4. The summed E-state index contributed by atoms with van der Waals surface area (Å²) in [6.07, 6.45) is 2.25. The van der Waals surface area contributed by atoms with Crippen molar-refractivity contribution in [3.8, 4) is 0 Å². The summed E-state index contributed by atoms with van der Waals surface area (Å²) in [6, 6.07) is 10.4. The predicted octanol–water partition coefficient (Wildman–Crippen LogP) is 1.58. The topological polar surface area (TPSA) is 53.6 Å². The van der Waals surface area contributed by atoms with Crippen molar-refractivity contribution >= 4 is 11.6 Å². The number of hydrogen-bond acceptors (Lipinski definition) is 4. The van der Waals surface area contributed by atoms with Crippen LogP contribution in [-0.2, 0) is 0 Å². The summed E-state index contributed by atoms with van der Waals surface area (Å²) in [6.45, 7) is 5.19. The van der Waals surface area contributed by atoms with E-state index in [4.69, 9.17) is 5.73 Å². The summed E-state index contributed by atoms with van der Waals surface area (Å²) in [4.78, 5) is 6.84. The van der Waals surface area contributed by atoms with Crippen molar-refractivity contribution in [2.45, 2.75) is 25.3 Å². The maximum Gasteiger partial charge on any atom is 0.196 e. The molecule has 0 amide bonds. The molecule has 2 aliphatic heterocycles. The summed E-state index contributed by atoms with van der Waals surface area (Å²) in [5, 5.41) is 3.51. The average molecular weight is 258 g/mol. The van der Waals surface area contributed by atoms with Gasteiger partial charge < -0.3 is 16.0 Å². The lowest BCUT2D eigenvalue weighted by atomic mass is 9.76. The molecule has 0 bridgehead atoms. The molecular formula is C15H22N4. The number of piperidine rings is 1. The molecule has 2 aliphatic rings. The smallest absolute Gasteiger partial charge is 0.196 e. The Kier molecular flexibility index (Phi) is 3.19. The molecule has 0 aliphatic carbocycles. The largest absolute Gasteiger partial charge is 0.369 e. The van der Waals surface area contributed by atoms with Crippen molar-refractivity contribution in [1.82, 2.24) is 5.32 Å². The molecule has 1 aromatic carbocycles. The van der Waals surface area contributed by atoms with Crippen LogP contribution in [0, 0.1) is 5.92 Å². The van der Waals surface area contributed by atoms with Crippen LogP contribution in [0.2, 0.25) is 0 Å². The van der Waals surface area contributed by atoms with Gasteiger partial charge in [0.2, 0.25) is 0 Å². The van der Waals surface area contributed by atoms with E-state index in [1.807, 2.05) is 6.07 Å². The fourth-order valence-electron chi connectivity index (χ4n) is 3.56. The number of rotatable bonds is 2. The normalized spacial score (nSPS) is 30.7. The highest BCUT2D eigenvalue weighted by Gasteiger charge is 2.49. The highest BCUT2D eigenvalue weighted by molar-refractivity contribution is 5.98. The summed E-state index contributed by atoms with van der Waals surface area (Å²) in [5.74, 6) is 1.26. The van der Waals surface area contributed by atoms with Crippen LogP contribution in [0.1, 0.15) is 19.8 Å². The van der Waals surface area contributed by atoms with E-state index in [2.05, 4.69) is 46.4 Å². The van der Waals surface area contributed by atoms with Crippen LogP contribution in [0.25, 0.3) is 0 Å². The van der Waals surface area contributed by atoms with Gasteiger partial charge >= 0.3 is 0 Å². The van der Waals surface area contributed by atoms with Crippen LogP contribution in [0.5, 0.6) is 0 Å². The van der Waals surface area contributed by atoms with Crippen molar-refractivity contribution < 1.29 is 0 Å². The second-order valence-electron chi connectivity index (χ2n) is 5.51. The molecule has 19 heavy (non-hydrogen) atoms. The first-order valence-electron chi connectivity index (χ1n) is 7.14. The van der Waals surface area contributed by atoms with Crippen molar-refractivity contribution in [3.05, 3.63) is 30.3 Å². The third-order valence-corrected chi connectivity index (χ3v) is 4.58. The van der Waals surface area contributed by atoms with Crippen LogP contribution < -0.4 is 16.0 Å². The van der Waals surface area contributed by atoms with E-state index in [0.717, 1.165) is 32.5 Å². The van der Waals surface area contributed by atoms with Gasteiger partial charge in [0.1, 0.15) is 0 Å². The molecule has 4 heteroatoms. The van der Waals surface area contributed by atoms with Gasteiger partial charge in [-0.1, -0.05) is 25.1 Å². The fourth-order valence-corrected chi connectivity index (χ4v) is 3.56. The number of nitrogens with two attached hydrogens (primary N) is 1. The standard InChI is InChI=1S/C15H22N4/c1-2-12-10-17-9-8-15(12)11-18-14(16)19(15)13-6-4-3-5-7-13/h3-7,12,17H,2,8-11H2,1H3,(H2,16,18). The third kappa shape index (κ3) is 1.91. The molecule has 1 fully saturated rings. The number of para-hydroxylation sites is 1. The number of nitrogens with zero attached hydrogens (tertiary/aromatic N) is 2. The van der Waals surface area contributed by atoms with Crippen molar-refractivity contribution in [2.75, 3.05) is 24.5 Å². The zero-order valence-electron chi connectivity index (χ0n) is 11.5. The van der Waals surface area contributed by atoms with E-state index >= 15 is 0 Å². The molecule has 1 spiro atoms. The Labute approximate surface area is 114 Å². The Morgan fingerprint density at radius 3 is 2.95 bits per heavy atom. The first-order chi connectivity index (χ1) is 9.28. The Morgan fingerprint density at radius 1 is 1.42 bits per heavy atom. The summed E-state index contributed by atoms with van der Waals surface area (Å²) >= 11 is 0. The van der Waals surface area contributed by atoms with Gasteiger partial charge in [0, 0.05) is 12.2 Å². The Morgan fingerprint density at radius 2 is 2.21 bits per heavy atom. The SMILES string of the molecule is CCC1CNCCC12CN=C(N)N2c1ccccc1. The first-order valence-corrected chi connectivity index (χ1v) is 7.14. The fraction of sp³-hybridized carbons (Fsp3) is 0.533. The maximum atomic E-state index is 6.19. The molecule has 0 aromatic heterocycles. The summed E-state index contributed by atoms with van der Waals surface area (Å²) in [5.41, 5.74) is 7.43. The van der Waals surface area contributed by atoms with Crippen LogP contribution in [0.3, 0.4) is 0 Å². The van der Waals surface area contributed by atoms with E-state index in [9.17, 15) is 0 Å². The molecule has 1 saturated heterocycles. The van der Waals surface area contributed by atoms with Gasteiger partial charge in [-0.2, -0.15) is 0 Å². The number of guanidine groups is 1. The predicted molar refractivity (Wildman–Crippen MR) is 79.4 cm³/mol. The minimum absolute atomic E-state index is 0.0748. The van der Waals surface area contributed by atoms with E-state index in [1.165, 1.54) is 5.69 Å². The van der Waals surface area contributed by atoms with Gasteiger partial charge in [0.25, 0.3) is 0 Å². The van der Waals surface area contributed by atoms with Crippen molar-refractivity contribution in [2.24, 2.45) is 16.6 Å². The number of hydrogen-bond donors (Lipinski definition) is 2. The second-order valence-corrected chi connectivity index (χ2v) is 5.51. The Bertz CT molecular complexity index is 470. The van der Waals surface area contributed by atoms with E-state index in [-0.39, 0.29) is 5.54 Å². The number of benzene rings is 1. The summed E-state index contributed by atoms with van der Waals surface area (Å²) in [7, 11) is 0. The molecule has 3 rings (SSSR count). The molecule has 102 valence electrons. The van der Waals surface area contributed by atoms with Crippen molar-refractivity contribution in [3.63, 3.8) is 0 Å². The Hall–Kier alpha value is -1.55. The number of aliphatic imine (C=N–C) groups is 1. The zero-order valence-corrected chi connectivity index (χ0v) is 11.5. The van der Waals surface area contributed by atoms with Crippen LogP contribution >= 0.6 is 0 Å². The molecule has 2 atom stereocenters. The van der Waals surface area contributed by atoms with E-state index in [0.29, 0.717) is 11.9 Å². The summed E-state index contributed by atoms with van der Waals surface area (Å²) < 4.78 is 0. The zero-order chi connectivity index (χ0) is 13.3. The highest BCUT2D eigenvalue weighted by Crippen LogP contribution is 2.39. The molecular weight excluding hydrogens is 236 g/mol. The van der Waals surface area contributed by atoms with Gasteiger partial charge in [-0.05, 0) is 37.4 Å². The van der Waals surface area contributed by atoms with Gasteiger partial charge in [-0.25, -0.2) is 0 Å². The maximum absolute atomic E-state index is 6.19. The molecule has 1 aromatic rings. The minimum atomic E-state index is 0.0748. The lowest BCUT2D eigenvalue weighted by Gasteiger charge is -2.47. The van der Waals surface area contributed by atoms with Gasteiger partial charge in [-0.15, -0.1) is 0 Å². The number of nitrogens with one attached hydrogen (secondary N) is 1.